The summed E-state index contributed by atoms with van der Waals surface area (Å²) in [6.07, 6.45) is 2.06. The summed E-state index contributed by atoms with van der Waals surface area (Å²) in [4.78, 5) is 27.2. The summed E-state index contributed by atoms with van der Waals surface area (Å²) in [7, 11) is 0. The maximum atomic E-state index is 12.7. The maximum absolute atomic E-state index is 12.7. The van der Waals surface area contributed by atoms with Crippen molar-refractivity contribution < 1.29 is 9.59 Å². The second-order valence-electron chi connectivity index (χ2n) is 6.92. The van der Waals surface area contributed by atoms with E-state index in [0.717, 1.165) is 31.5 Å². The number of nitrogens with zero attached hydrogens (tertiary/aromatic N) is 1. The van der Waals surface area contributed by atoms with Crippen molar-refractivity contribution >= 4 is 29.1 Å². The van der Waals surface area contributed by atoms with Crippen LogP contribution in [0.2, 0.25) is 5.02 Å². The number of amides is 2. The monoisotopic (exact) mass is 370 g/mol. The number of rotatable bonds is 3. The van der Waals surface area contributed by atoms with Crippen molar-refractivity contribution in [2.45, 2.75) is 26.7 Å². The molecule has 1 heterocycles. The average Bonchev–Trinajstić information content (AvgIpc) is 2.65. The molecule has 1 saturated heterocycles. The van der Waals surface area contributed by atoms with E-state index in [2.05, 4.69) is 12.2 Å². The summed E-state index contributed by atoms with van der Waals surface area (Å²) < 4.78 is 0. The molecule has 0 spiro atoms. The van der Waals surface area contributed by atoms with Crippen molar-refractivity contribution in [2.75, 3.05) is 18.4 Å². The maximum Gasteiger partial charge on any atom is 0.255 e. The van der Waals surface area contributed by atoms with Crippen LogP contribution in [0.25, 0.3) is 0 Å². The largest absolute Gasteiger partial charge is 0.339 e. The molecule has 2 aromatic rings. The third-order valence-electron chi connectivity index (χ3n) is 4.96. The van der Waals surface area contributed by atoms with Crippen LogP contribution in [0.15, 0.2) is 42.5 Å². The van der Waals surface area contributed by atoms with E-state index in [9.17, 15) is 9.59 Å². The summed E-state index contributed by atoms with van der Waals surface area (Å²) in [5.74, 6) is 0.403. The van der Waals surface area contributed by atoms with Crippen molar-refractivity contribution in [1.82, 2.24) is 4.90 Å². The van der Waals surface area contributed by atoms with Gasteiger partial charge in [0.25, 0.3) is 11.8 Å². The van der Waals surface area contributed by atoms with Crippen LogP contribution < -0.4 is 5.32 Å². The topological polar surface area (TPSA) is 49.4 Å². The van der Waals surface area contributed by atoms with Crippen molar-refractivity contribution in [2.24, 2.45) is 5.92 Å². The summed E-state index contributed by atoms with van der Waals surface area (Å²) in [6.45, 7) is 5.62. The minimum atomic E-state index is -0.253. The Morgan fingerprint density at radius 1 is 1.08 bits per heavy atom. The molecule has 2 aromatic carbocycles. The first-order chi connectivity index (χ1) is 12.5. The lowest BCUT2D eigenvalue weighted by molar-refractivity contribution is 0.0697. The van der Waals surface area contributed by atoms with E-state index in [1.165, 1.54) is 0 Å². The van der Waals surface area contributed by atoms with E-state index in [-0.39, 0.29) is 11.8 Å². The average molecular weight is 371 g/mol. The zero-order chi connectivity index (χ0) is 18.7. The molecular weight excluding hydrogens is 348 g/mol. The molecule has 26 heavy (non-hydrogen) atoms. The molecule has 0 atom stereocenters. The number of piperidine rings is 1. The molecule has 136 valence electrons. The molecule has 0 radical (unpaired) electrons. The molecule has 5 heteroatoms. The van der Waals surface area contributed by atoms with Gasteiger partial charge in [-0.2, -0.15) is 0 Å². The number of likely N-dealkylation sites (tertiary alicyclic amines) is 1. The molecular formula is C21H23ClN2O2. The SMILES string of the molecule is Cc1c(Cl)cccc1NC(=O)c1cccc(C(=O)N2CCC(C)CC2)c1. The molecule has 3 rings (SSSR count). The fraction of sp³-hybridized carbons (Fsp3) is 0.333. The lowest BCUT2D eigenvalue weighted by Crippen LogP contribution is -2.38. The van der Waals surface area contributed by atoms with Crippen LogP contribution in [-0.2, 0) is 0 Å². The normalized spacial score (nSPS) is 15.0. The predicted molar refractivity (Wildman–Crippen MR) is 105 cm³/mol. The number of carbonyl (C=O) groups excluding carboxylic acids is 2. The molecule has 0 saturated carbocycles. The lowest BCUT2D eigenvalue weighted by Gasteiger charge is -2.30. The van der Waals surface area contributed by atoms with Gasteiger partial charge in [-0.05, 0) is 61.6 Å². The quantitative estimate of drug-likeness (QED) is 0.845. The third-order valence-corrected chi connectivity index (χ3v) is 5.37. The van der Waals surface area contributed by atoms with E-state index < -0.39 is 0 Å². The molecule has 1 fully saturated rings. The van der Waals surface area contributed by atoms with Crippen LogP contribution >= 0.6 is 11.6 Å². The van der Waals surface area contributed by atoms with Crippen LogP contribution in [0.1, 0.15) is 46.0 Å². The van der Waals surface area contributed by atoms with Gasteiger partial charge in [0.2, 0.25) is 0 Å². The van der Waals surface area contributed by atoms with Crippen molar-refractivity contribution in [1.29, 1.82) is 0 Å². The standard InChI is InChI=1S/C21H23ClN2O2/c1-14-9-11-24(12-10-14)21(26)17-6-3-5-16(13-17)20(25)23-19-8-4-7-18(22)15(19)2/h3-8,13-14H,9-12H2,1-2H3,(H,23,25). The number of halogens is 1. The zero-order valence-electron chi connectivity index (χ0n) is 15.1. The zero-order valence-corrected chi connectivity index (χ0v) is 15.8. The highest BCUT2D eigenvalue weighted by atomic mass is 35.5. The van der Waals surface area contributed by atoms with Gasteiger partial charge in [-0.25, -0.2) is 0 Å². The summed E-state index contributed by atoms with van der Waals surface area (Å²) >= 11 is 6.10. The van der Waals surface area contributed by atoms with Gasteiger partial charge in [-0.15, -0.1) is 0 Å². The van der Waals surface area contributed by atoms with Gasteiger partial charge in [0, 0.05) is 34.9 Å². The first-order valence-electron chi connectivity index (χ1n) is 8.91. The summed E-state index contributed by atoms with van der Waals surface area (Å²) in [5, 5.41) is 3.47. The van der Waals surface area contributed by atoms with Crippen LogP contribution in [0.4, 0.5) is 5.69 Å². The minimum absolute atomic E-state index is 0.00881. The highest BCUT2D eigenvalue weighted by Gasteiger charge is 2.22. The number of hydrogen-bond donors (Lipinski definition) is 1. The Morgan fingerprint density at radius 2 is 1.73 bits per heavy atom. The summed E-state index contributed by atoms with van der Waals surface area (Å²) in [6, 6.07) is 12.3. The minimum Gasteiger partial charge on any atom is -0.339 e. The Balaban J connectivity index is 1.75. The van der Waals surface area contributed by atoms with Gasteiger partial charge >= 0.3 is 0 Å². The van der Waals surface area contributed by atoms with Gasteiger partial charge in [-0.3, -0.25) is 9.59 Å². The fourth-order valence-corrected chi connectivity index (χ4v) is 3.30. The van der Waals surface area contributed by atoms with Crippen LogP contribution in [0.3, 0.4) is 0 Å². The van der Waals surface area contributed by atoms with E-state index >= 15 is 0 Å². The second kappa shape index (κ2) is 7.92. The Morgan fingerprint density at radius 3 is 2.46 bits per heavy atom. The Hall–Kier alpha value is -2.33. The van der Waals surface area contributed by atoms with Crippen LogP contribution in [-0.4, -0.2) is 29.8 Å². The highest BCUT2D eigenvalue weighted by molar-refractivity contribution is 6.31. The molecule has 2 amide bonds. The molecule has 0 bridgehead atoms. The predicted octanol–water partition coefficient (Wildman–Crippen LogP) is 4.77. The number of benzene rings is 2. The molecule has 0 aliphatic carbocycles. The first-order valence-corrected chi connectivity index (χ1v) is 9.29. The number of carbonyl (C=O) groups is 2. The number of nitrogens with one attached hydrogen (secondary N) is 1. The summed E-state index contributed by atoms with van der Waals surface area (Å²) in [5.41, 5.74) is 2.50. The highest BCUT2D eigenvalue weighted by Crippen LogP contribution is 2.24. The Bertz CT molecular complexity index is 827. The van der Waals surface area contributed by atoms with Crippen molar-refractivity contribution in [3.63, 3.8) is 0 Å². The van der Waals surface area contributed by atoms with Gasteiger partial charge in [-0.1, -0.05) is 30.7 Å². The number of anilines is 1. The molecule has 0 unspecified atom stereocenters. The van der Waals surface area contributed by atoms with E-state index in [4.69, 9.17) is 11.6 Å². The van der Waals surface area contributed by atoms with Gasteiger partial charge < -0.3 is 10.2 Å². The van der Waals surface area contributed by atoms with E-state index in [1.807, 2.05) is 17.9 Å². The Labute approximate surface area is 159 Å². The number of hydrogen-bond acceptors (Lipinski definition) is 2. The van der Waals surface area contributed by atoms with Crippen LogP contribution in [0.5, 0.6) is 0 Å². The molecule has 1 aliphatic heterocycles. The van der Waals surface area contributed by atoms with E-state index in [1.54, 1.807) is 36.4 Å². The second-order valence-corrected chi connectivity index (χ2v) is 7.33. The lowest BCUT2D eigenvalue weighted by atomic mass is 9.98. The van der Waals surface area contributed by atoms with E-state index in [0.29, 0.717) is 27.8 Å². The molecule has 1 aliphatic rings. The molecule has 0 aromatic heterocycles. The Kier molecular flexibility index (Phi) is 5.62. The molecule has 4 nitrogen and oxygen atoms in total. The van der Waals surface area contributed by atoms with Crippen molar-refractivity contribution in [3.8, 4) is 0 Å². The van der Waals surface area contributed by atoms with Gasteiger partial charge in [0.15, 0.2) is 0 Å². The van der Waals surface area contributed by atoms with Gasteiger partial charge in [0.1, 0.15) is 0 Å². The third kappa shape index (κ3) is 4.07. The first kappa shape index (κ1) is 18.5. The van der Waals surface area contributed by atoms with Crippen molar-refractivity contribution in [3.05, 3.63) is 64.2 Å². The smallest absolute Gasteiger partial charge is 0.255 e. The van der Waals surface area contributed by atoms with Gasteiger partial charge in [0.05, 0.1) is 0 Å². The van der Waals surface area contributed by atoms with Crippen LogP contribution in [0, 0.1) is 12.8 Å². The molecule has 1 N–H and O–H groups in total. The fourth-order valence-electron chi connectivity index (χ4n) is 3.13.